The van der Waals surface area contributed by atoms with Crippen molar-refractivity contribution < 1.29 is 19.1 Å². The van der Waals surface area contributed by atoms with Gasteiger partial charge in [0.1, 0.15) is 5.75 Å². The molecule has 2 aliphatic rings. The van der Waals surface area contributed by atoms with Gasteiger partial charge in [-0.1, -0.05) is 42.1 Å². The lowest BCUT2D eigenvalue weighted by Crippen LogP contribution is -2.34. The summed E-state index contributed by atoms with van der Waals surface area (Å²) in [5, 5.41) is 3.26. The van der Waals surface area contributed by atoms with Crippen molar-refractivity contribution in [2.24, 2.45) is 11.8 Å². The van der Waals surface area contributed by atoms with Gasteiger partial charge in [-0.2, -0.15) is 0 Å². The van der Waals surface area contributed by atoms with Gasteiger partial charge in [-0.25, -0.2) is 0 Å². The minimum absolute atomic E-state index is 0.0212. The summed E-state index contributed by atoms with van der Waals surface area (Å²) in [6.07, 6.45) is 3.51. The molecule has 2 aromatic rings. The minimum atomic E-state index is -0.313. The van der Waals surface area contributed by atoms with E-state index in [-0.39, 0.29) is 42.5 Å². The van der Waals surface area contributed by atoms with Gasteiger partial charge in [-0.3, -0.25) is 19.3 Å². The third-order valence-corrected chi connectivity index (χ3v) is 6.19. The lowest BCUT2D eigenvalue weighted by molar-refractivity contribution is -0.140. The fourth-order valence-electron chi connectivity index (χ4n) is 4.30. The van der Waals surface area contributed by atoms with Crippen LogP contribution in [0.5, 0.6) is 11.5 Å². The number of benzene rings is 2. The molecule has 0 aromatic heterocycles. The third kappa shape index (κ3) is 4.74. The van der Waals surface area contributed by atoms with Gasteiger partial charge in [0, 0.05) is 18.0 Å². The highest BCUT2D eigenvalue weighted by atomic mass is 35.5. The molecule has 1 aliphatic heterocycles. The van der Waals surface area contributed by atoms with Crippen molar-refractivity contribution in [2.45, 2.75) is 39.0 Å². The fourth-order valence-corrected chi connectivity index (χ4v) is 4.47. The van der Waals surface area contributed by atoms with Crippen LogP contribution in [0, 0.1) is 18.8 Å². The van der Waals surface area contributed by atoms with Crippen LogP contribution < -0.4 is 10.1 Å². The number of carbonyl (C=O) groups excluding carboxylic acids is 3. The Kier molecular flexibility index (Phi) is 6.28. The van der Waals surface area contributed by atoms with Gasteiger partial charge in [0.05, 0.1) is 17.5 Å². The quantitative estimate of drug-likeness (QED) is 0.645. The standard InChI is InChI=1S/C24H25ClN2O4/c1-15-6-9-17(10-7-15)31-21-11-8-16(25)14-20(21)26-22(28)12-13-27-23(29)18-4-2-3-5-19(18)24(27)30/h6-11,14,18-19H,2-5,12-13H2,1H3,(H,26,28). The summed E-state index contributed by atoms with van der Waals surface area (Å²) in [4.78, 5) is 39.0. The second-order valence-electron chi connectivity index (χ2n) is 8.18. The number of nitrogens with one attached hydrogen (secondary N) is 1. The molecule has 0 radical (unpaired) electrons. The van der Waals surface area contributed by atoms with E-state index in [1.807, 2.05) is 31.2 Å². The predicted octanol–water partition coefficient (Wildman–Crippen LogP) is 4.94. The number of amides is 3. The predicted molar refractivity (Wildman–Crippen MR) is 118 cm³/mol. The molecule has 3 amide bonds. The number of halogens is 1. The van der Waals surface area contributed by atoms with Crippen molar-refractivity contribution in [3.8, 4) is 11.5 Å². The molecule has 0 bridgehead atoms. The summed E-state index contributed by atoms with van der Waals surface area (Å²) in [6.45, 7) is 2.08. The highest BCUT2D eigenvalue weighted by molar-refractivity contribution is 6.31. The van der Waals surface area contributed by atoms with Gasteiger partial charge >= 0.3 is 0 Å². The SMILES string of the molecule is Cc1ccc(Oc2ccc(Cl)cc2NC(=O)CCN2C(=O)C3CCCCC3C2=O)cc1. The highest BCUT2D eigenvalue weighted by Crippen LogP contribution is 2.38. The van der Waals surface area contributed by atoms with Crippen LogP contribution in [0.25, 0.3) is 0 Å². The first-order valence-electron chi connectivity index (χ1n) is 10.6. The number of aryl methyl sites for hydroxylation is 1. The Morgan fingerprint density at radius 3 is 2.35 bits per heavy atom. The van der Waals surface area contributed by atoms with Crippen LogP contribution >= 0.6 is 11.6 Å². The van der Waals surface area contributed by atoms with Gasteiger partial charge in [0.15, 0.2) is 5.75 Å². The summed E-state index contributed by atoms with van der Waals surface area (Å²) in [6, 6.07) is 12.6. The maximum absolute atomic E-state index is 12.6. The van der Waals surface area contributed by atoms with Crippen LogP contribution in [0.15, 0.2) is 42.5 Å². The number of likely N-dealkylation sites (tertiary alicyclic amines) is 1. The van der Waals surface area contributed by atoms with Crippen LogP contribution in [0.1, 0.15) is 37.7 Å². The number of carbonyl (C=O) groups is 3. The van der Waals surface area contributed by atoms with Crippen molar-refractivity contribution in [2.75, 3.05) is 11.9 Å². The first kappa shape index (κ1) is 21.4. The zero-order valence-electron chi connectivity index (χ0n) is 17.4. The second-order valence-corrected chi connectivity index (χ2v) is 8.62. The number of ether oxygens (including phenoxy) is 1. The van der Waals surface area contributed by atoms with E-state index in [4.69, 9.17) is 16.3 Å². The van der Waals surface area contributed by atoms with E-state index >= 15 is 0 Å². The molecule has 2 aromatic carbocycles. The Morgan fingerprint density at radius 2 is 1.71 bits per heavy atom. The van der Waals surface area contributed by atoms with E-state index in [0.717, 1.165) is 31.2 Å². The molecule has 2 atom stereocenters. The number of fused-ring (bicyclic) bond motifs is 1. The molecular formula is C24H25ClN2O4. The molecule has 31 heavy (non-hydrogen) atoms. The van der Waals surface area contributed by atoms with Crippen LogP contribution in [0.4, 0.5) is 5.69 Å². The molecule has 1 saturated heterocycles. The molecule has 1 N–H and O–H groups in total. The van der Waals surface area contributed by atoms with Gasteiger partial charge in [0.25, 0.3) is 0 Å². The average molecular weight is 441 g/mol. The van der Waals surface area contributed by atoms with E-state index in [2.05, 4.69) is 5.32 Å². The number of hydrogen-bond acceptors (Lipinski definition) is 4. The number of imide groups is 1. The normalized spacial score (nSPS) is 20.5. The van der Waals surface area contributed by atoms with Gasteiger partial charge < -0.3 is 10.1 Å². The van der Waals surface area contributed by atoms with Crippen molar-refractivity contribution in [1.29, 1.82) is 0 Å². The molecule has 2 fully saturated rings. The van der Waals surface area contributed by atoms with Gasteiger partial charge in [0.2, 0.25) is 17.7 Å². The zero-order valence-corrected chi connectivity index (χ0v) is 18.2. The molecule has 162 valence electrons. The molecule has 1 saturated carbocycles. The van der Waals surface area contributed by atoms with Crippen LogP contribution in [-0.2, 0) is 14.4 Å². The van der Waals surface area contributed by atoms with E-state index in [9.17, 15) is 14.4 Å². The molecule has 1 heterocycles. The number of rotatable bonds is 6. The fraction of sp³-hybridized carbons (Fsp3) is 0.375. The first-order valence-corrected chi connectivity index (χ1v) is 11.0. The second kappa shape index (κ2) is 9.10. The minimum Gasteiger partial charge on any atom is -0.455 e. The number of hydrogen-bond donors (Lipinski definition) is 1. The Labute approximate surface area is 186 Å². The van der Waals surface area contributed by atoms with Crippen LogP contribution in [0.3, 0.4) is 0 Å². The van der Waals surface area contributed by atoms with E-state index < -0.39 is 0 Å². The third-order valence-electron chi connectivity index (χ3n) is 5.96. The summed E-state index contributed by atoms with van der Waals surface area (Å²) in [5.74, 6) is 0.118. The monoisotopic (exact) mass is 440 g/mol. The smallest absolute Gasteiger partial charge is 0.233 e. The van der Waals surface area contributed by atoms with Gasteiger partial charge in [-0.05, 0) is 50.1 Å². The van der Waals surface area contributed by atoms with Crippen molar-refractivity contribution >= 4 is 35.0 Å². The summed E-state index contributed by atoms with van der Waals surface area (Å²) in [7, 11) is 0. The van der Waals surface area contributed by atoms with E-state index in [1.54, 1.807) is 18.2 Å². The van der Waals surface area contributed by atoms with Gasteiger partial charge in [-0.15, -0.1) is 0 Å². The molecule has 4 rings (SSSR count). The summed E-state index contributed by atoms with van der Waals surface area (Å²) < 4.78 is 5.90. The Balaban J connectivity index is 1.40. The lowest BCUT2D eigenvalue weighted by Gasteiger charge is -2.19. The molecule has 2 unspecified atom stereocenters. The Morgan fingerprint density at radius 1 is 1.06 bits per heavy atom. The topological polar surface area (TPSA) is 75.7 Å². The maximum Gasteiger partial charge on any atom is 0.233 e. The molecule has 0 spiro atoms. The summed E-state index contributed by atoms with van der Waals surface area (Å²) in [5.41, 5.74) is 1.55. The molecule has 1 aliphatic carbocycles. The Hall–Kier alpha value is -2.86. The Bertz CT molecular complexity index is 981. The van der Waals surface area contributed by atoms with Crippen molar-refractivity contribution in [3.63, 3.8) is 0 Å². The maximum atomic E-state index is 12.6. The zero-order chi connectivity index (χ0) is 22.0. The highest BCUT2D eigenvalue weighted by Gasteiger charge is 2.47. The van der Waals surface area contributed by atoms with E-state index in [1.165, 1.54) is 4.90 Å². The van der Waals surface area contributed by atoms with Crippen LogP contribution in [-0.4, -0.2) is 29.2 Å². The number of nitrogens with zero attached hydrogens (tertiary/aromatic N) is 1. The number of anilines is 1. The lowest BCUT2D eigenvalue weighted by atomic mass is 9.81. The molecular weight excluding hydrogens is 416 g/mol. The molecule has 7 heteroatoms. The first-order chi connectivity index (χ1) is 14.9. The largest absolute Gasteiger partial charge is 0.455 e. The molecule has 6 nitrogen and oxygen atoms in total. The average Bonchev–Trinajstić information content (AvgIpc) is 3.00. The van der Waals surface area contributed by atoms with E-state index in [0.29, 0.717) is 22.2 Å². The van der Waals surface area contributed by atoms with Crippen LogP contribution in [0.2, 0.25) is 5.02 Å². The van der Waals surface area contributed by atoms with Crippen molar-refractivity contribution in [3.05, 3.63) is 53.1 Å². The summed E-state index contributed by atoms with van der Waals surface area (Å²) >= 11 is 6.11. The van der Waals surface area contributed by atoms with Crippen molar-refractivity contribution in [1.82, 2.24) is 4.90 Å².